The SMILES string of the molecule is CCc1nccn1Cc1nc(C)no1. The van der Waals surface area contributed by atoms with Crippen LogP contribution in [0.3, 0.4) is 0 Å². The summed E-state index contributed by atoms with van der Waals surface area (Å²) in [7, 11) is 0. The highest BCUT2D eigenvalue weighted by atomic mass is 16.5. The zero-order valence-corrected chi connectivity index (χ0v) is 8.27. The average molecular weight is 192 g/mol. The van der Waals surface area contributed by atoms with Gasteiger partial charge in [0.25, 0.3) is 0 Å². The second-order valence-electron chi connectivity index (χ2n) is 3.06. The first-order chi connectivity index (χ1) is 6.79. The lowest BCUT2D eigenvalue weighted by Crippen LogP contribution is -2.03. The summed E-state index contributed by atoms with van der Waals surface area (Å²) in [5.41, 5.74) is 0. The van der Waals surface area contributed by atoms with Crippen LogP contribution in [0.4, 0.5) is 0 Å². The van der Waals surface area contributed by atoms with Crippen LogP contribution in [0.2, 0.25) is 0 Å². The first-order valence-corrected chi connectivity index (χ1v) is 4.58. The van der Waals surface area contributed by atoms with Crippen LogP contribution in [-0.4, -0.2) is 19.7 Å². The van der Waals surface area contributed by atoms with E-state index in [2.05, 4.69) is 22.0 Å². The predicted octanol–water partition coefficient (Wildman–Crippen LogP) is 1.19. The highest BCUT2D eigenvalue weighted by Gasteiger charge is 2.06. The molecule has 2 aromatic rings. The minimum Gasteiger partial charge on any atom is -0.337 e. The maximum absolute atomic E-state index is 5.03. The van der Waals surface area contributed by atoms with Gasteiger partial charge < -0.3 is 9.09 Å². The molecule has 0 unspecified atom stereocenters. The topological polar surface area (TPSA) is 56.7 Å². The van der Waals surface area contributed by atoms with E-state index < -0.39 is 0 Å². The van der Waals surface area contributed by atoms with Crippen molar-refractivity contribution in [1.82, 2.24) is 19.7 Å². The first kappa shape index (κ1) is 8.93. The van der Waals surface area contributed by atoms with Gasteiger partial charge in [-0.2, -0.15) is 4.98 Å². The Bertz CT molecular complexity index is 418. The molecule has 0 saturated carbocycles. The number of hydrogen-bond acceptors (Lipinski definition) is 4. The Hall–Kier alpha value is -1.65. The van der Waals surface area contributed by atoms with Gasteiger partial charge in [0.15, 0.2) is 5.82 Å². The highest BCUT2D eigenvalue weighted by Crippen LogP contribution is 2.03. The van der Waals surface area contributed by atoms with E-state index >= 15 is 0 Å². The zero-order chi connectivity index (χ0) is 9.97. The third-order valence-electron chi connectivity index (χ3n) is 1.99. The van der Waals surface area contributed by atoms with E-state index in [4.69, 9.17) is 4.52 Å². The summed E-state index contributed by atoms with van der Waals surface area (Å²) in [6, 6.07) is 0. The lowest BCUT2D eigenvalue weighted by Gasteiger charge is -2.01. The van der Waals surface area contributed by atoms with Crippen LogP contribution in [0.25, 0.3) is 0 Å². The Morgan fingerprint density at radius 2 is 2.36 bits per heavy atom. The number of imidazole rings is 1. The Morgan fingerprint density at radius 1 is 1.50 bits per heavy atom. The average Bonchev–Trinajstić information content (AvgIpc) is 2.76. The number of nitrogens with zero attached hydrogens (tertiary/aromatic N) is 4. The molecule has 74 valence electrons. The van der Waals surface area contributed by atoms with Gasteiger partial charge in [0, 0.05) is 18.8 Å². The van der Waals surface area contributed by atoms with Gasteiger partial charge in [-0.3, -0.25) is 0 Å². The molecule has 5 heteroatoms. The molecule has 0 N–H and O–H groups in total. The summed E-state index contributed by atoms with van der Waals surface area (Å²) >= 11 is 0. The third kappa shape index (κ3) is 1.66. The van der Waals surface area contributed by atoms with E-state index in [0.717, 1.165) is 12.2 Å². The molecule has 14 heavy (non-hydrogen) atoms. The maximum Gasteiger partial charge on any atom is 0.246 e. The quantitative estimate of drug-likeness (QED) is 0.732. The van der Waals surface area contributed by atoms with E-state index in [1.807, 2.05) is 17.7 Å². The monoisotopic (exact) mass is 192 g/mol. The van der Waals surface area contributed by atoms with E-state index in [-0.39, 0.29) is 0 Å². The van der Waals surface area contributed by atoms with Crippen molar-refractivity contribution in [2.24, 2.45) is 0 Å². The molecule has 0 spiro atoms. The fraction of sp³-hybridized carbons (Fsp3) is 0.444. The summed E-state index contributed by atoms with van der Waals surface area (Å²) in [5, 5.41) is 3.73. The second kappa shape index (κ2) is 3.61. The highest BCUT2D eigenvalue weighted by molar-refractivity contribution is 4.95. The molecule has 0 radical (unpaired) electrons. The molecule has 0 amide bonds. The van der Waals surface area contributed by atoms with Gasteiger partial charge in [0.2, 0.25) is 5.89 Å². The van der Waals surface area contributed by atoms with Crippen molar-refractivity contribution in [3.63, 3.8) is 0 Å². The van der Waals surface area contributed by atoms with Crippen LogP contribution in [-0.2, 0) is 13.0 Å². The van der Waals surface area contributed by atoms with Gasteiger partial charge in [0.1, 0.15) is 12.4 Å². The third-order valence-corrected chi connectivity index (χ3v) is 1.99. The number of rotatable bonds is 3. The van der Waals surface area contributed by atoms with Crippen molar-refractivity contribution < 1.29 is 4.52 Å². The second-order valence-corrected chi connectivity index (χ2v) is 3.06. The minimum atomic E-state index is 0.601. The molecule has 0 bridgehead atoms. The lowest BCUT2D eigenvalue weighted by molar-refractivity contribution is 0.366. The molecule has 0 fully saturated rings. The largest absolute Gasteiger partial charge is 0.337 e. The first-order valence-electron chi connectivity index (χ1n) is 4.58. The normalized spacial score (nSPS) is 10.7. The fourth-order valence-corrected chi connectivity index (χ4v) is 1.35. The van der Waals surface area contributed by atoms with Crippen molar-refractivity contribution in [1.29, 1.82) is 0 Å². The van der Waals surface area contributed by atoms with Crippen molar-refractivity contribution >= 4 is 0 Å². The molecular weight excluding hydrogens is 180 g/mol. The molecule has 0 aliphatic carbocycles. The zero-order valence-electron chi connectivity index (χ0n) is 8.27. The van der Waals surface area contributed by atoms with Crippen LogP contribution in [0.1, 0.15) is 24.5 Å². The van der Waals surface area contributed by atoms with Gasteiger partial charge in [-0.05, 0) is 6.92 Å². The van der Waals surface area contributed by atoms with E-state index in [1.54, 1.807) is 6.20 Å². The Morgan fingerprint density at radius 3 is 3.00 bits per heavy atom. The molecule has 0 aliphatic heterocycles. The maximum atomic E-state index is 5.03. The molecule has 2 heterocycles. The predicted molar refractivity (Wildman–Crippen MR) is 49.7 cm³/mol. The summed E-state index contributed by atoms with van der Waals surface area (Å²) in [6.07, 6.45) is 4.60. The number of aryl methyl sites for hydroxylation is 2. The number of aromatic nitrogens is 4. The summed E-state index contributed by atoms with van der Waals surface area (Å²) in [5.74, 6) is 2.31. The summed E-state index contributed by atoms with van der Waals surface area (Å²) in [4.78, 5) is 8.35. The van der Waals surface area contributed by atoms with Gasteiger partial charge in [-0.15, -0.1) is 0 Å². The van der Waals surface area contributed by atoms with Gasteiger partial charge >= 0.3 is 0 Å². The molecular formula is C9H12N4O. The number of hydrogen-bond donors (Lipinski definition) is 0. The van der Waals surface area contributed by atoms with E-state index in [9.17, 15) is 0 Å². The van der Waals surface area contributed by atoms with Crippen LogP contribution in [0.15, 0.2) is 16.9 Å². The Labute approximate surface area is 81.8 Å². The minimum absolute atomic E-state index is 0.601. The Kier molecular flexibility index (Phi) is 2.30. The molecule has 0 aromatic carbocycles. The van der Waals surface area contributed by atoms with E-state index in [1.165, 1.54) is 0 Å². The molecule has 0 atom stereocenters. The van der Waals surface area contributed by atoms with Crippen molar-refractivity contribution in [2.75, 3.05) is 0 Å². The van der Waals surface area contributed by atoms with Gasteiger partial charge in [-0.1, -0.05) is 12.1 Å². The van der Waals surface area contributed by atoms with Crippen LogP contribution < -0.4 is 0 Å². The van der Waals surface area contributed by atoms with Gasteiger partial charge in [0.05, 0.1) is 0 Å². The van der Waals surface area contributed by atoms with E-state index in [0.29, 0.717) is 18.3 Å². The molecule has 0 saturated heterocycles. The molecule has 2 aromatic heterocycles. The van der Waals surface area contributed by atoms with Crippen molar-refractivity contribution in [2.45, 2.75) is 26.8 Å². The lowest BCUT2D eigenvalue weighted by atomic mass is 10.4. The van der Waals surface area contributed by atoms with Crippen molar-refractivity contribution in [3.8, 4) is 0 Å². The Balaban J connectivity index is 2.18. The van der Waals surface area contributed by atoms with Crippen LogP contribution in [0.5, 0.6) is 0 Å². The van der Waals surface area contributed by atoms with Crippen LogP contribution >= 0.6 is 0 Å². The molecule has 2 rings (SSSR count). The standard InChI is InChI=1S/C9H12N4O/c1-3-8-10-4-5-13(8)6-9-11-7(2)12-14-9/h4-5H,3,6H2,1-2H3. The molecule has 5 nitrogen and oxygen atoms in total. The van der Waals surface area contributed by atoms with Crippen LogP contribution in [0, 0.1) is 6.92 Å². The smallest absolute Gasteiger partial charge is 0.246 e. The summed E-state index contributed by atoms with van der Waals surface area (Å²) < 4.78 is 7.03. The summed E-state index contributed by atoms with van der Waals surface area (Å²) in [6.45, 7) is 4.48. The van der Waals surface area contributed by atoms with Gasteiger partial charge in [-0.25, -0.2) is 4.98 Å². The fourth-order valence-electron chi connectivity index (χ4n) is 1.35. The van der Waals surface area contributed by atoms with Crippen molar-refractivity contribution in [3.05, 3.63) is 29.9 Å². The molecule has 0 aliphatic rings.